The first-order valence-corrected chi connectivity index (χ1v) is 9.52. The molecule has 0 atom stereocenters. The molecule has 126 valence electrons. The lowest BCUT2D eigenvalue weighted by molar-refractivity contribution is -0.901. The van der Waals surface area contributed by atoms with Gasteiger partial charge in [0.1, 0.15) is 6.54 Å². The van der Waals surface area contributed by atoms with Gasteiger partial charge >= 0.3 is 0 Å². The van der Waals surface area contributed by atoms with E-state index < -0.39 is 15.4 Å². The summed E-state index contributed by atoms with van der Waals surface area (Å²) in [5, 5.41) is -0.582. The summed E-state index contributed by atoms with van der Waals surface area (Å²) in [6, 6.07) is 10.6. The fourth-order valence-corrected chi connectivity index (χ4v) is 3.45. The van der Waals surface area contributed by atoms with E-state index >= 15 is 0 Å². The number of hydrogen-bond acceptors (Lipinski definition) is 3. The van der Waals surface area contributed by atoms with Gasteiger partial charge in [-0.15, -0.1) is 0 Å². The predicted octanol–water partition coefficient (Wildman–Crippen LogP) is 3.15. The van der Waals surface area contributed by atoms with Gasteiger partial charge in [0.15, 0.2) is 0 Å². The number of hydrogen-bond donors (Lipinski definition) is 0. The van der Waals surface area contributed by atoms with Gasteiger partial charge in [-0.3, -0.25) is 0 Å². The van der Waals surface area contributed by atoms with Crippen LogP contribution in [0.2, 0.25) is 0 Å². The van der Waals surface area contributed by atoms with Crippen LogP contribution in [0.15, 0.2) is 30.3 Å². The maximum Gasteiger partial charge on any atom is 0.104 e. The van der Waals surface area contributed by atoms with E-state index in [1.54, 1.807) is 0 Å². The maximum atomic E-state index is 10.4. The summed E-state index contributed by atoms with van der Waals surface area (Å²) in [5.41, 5.74) is 1.42. The van der Waals surface area contributed by atoms with Crippen LogP contribution in [0.4, 0.5) is 0 Å². The molecule has 1 aromatic rings. The van der Waals surface area contributed by atoms with Crippen LogP contribution >= 0.6 is 0 Å². The Morgan fingerprint density at radius 2 is 1.64 bits per heavy atom. The first-order chi connectivity index (χ1) is 10.2. The normalized spacial score (nSPS) is 16.7. The van der Waals surface area contributed by atoms with Gasteiger partial charge in [0.2, 0.25) is 0 Å². The van der Waals surface area contributed by atoms with Gasteiger partial charge < -0.3 is 9.04 Å². The van der Waals surface area contributed by atoms with Crippen molar-refractivity contribution >= 4 is 10.1 Å². The smallest absolute Gasteiger partial charge is 0.104 e. The average molecular weight is 327 g/mol. The fraction of sp³-hybridized carbons (Fsp3) is 0.647. The second-order valence-electron chi connectivity index (χ2n) is 6.65. The number of benzene rings is 1. The van der Waals surface area contributed by atoms with Crippen LogP contribution in [0.3, 0.4) is 0 Å². The van der Waals surface area contributed by atoms with Gasteiger partial charge in [0.05, 0.1) is 30.8 Å². The fourth-order valence-electron chi connectivity index (χ4n) is 2.54. The van der Waals surface area contributed by atoms with Crippen molar-refractivity contribution in [2.75, 3.05) is 20.6 Å². The molecule has 0 aliphatic heterocycles. The van der Waals surface area contributed by atoms with Crippen molar-refractivity contribution in [2.24, 2.45) is 0 Å². The molecular formula is C17H29NO3S. The van der Waals surface area contributed by atoms with E-state index in [1.807, 2.05) is 0 Å². The highest BCUT2D eigenvalue weighted by Crippen LogP contribution is 2.22. The highest BCUT2D eigenvalue weighted by Gasteiger charge is 2.18. The van der Waals surface area contributed by atoms with Crippen LogP contribution in [-0.4, -0.2) is 43.3 Å². The van der Waals surface area contributed by atoms with Crippen molar-refractivity contribution in [2.45, 2.75) is 50.8 Å². The molecule has 1 aliphatic rings. The summed E-state index contributed by atoms with van der Waals surface area (Å²) < 4.78 is 32.4. The average Bonchev–Trinajstić information content (AvgIpc) is 2.49. The third-order valence-corrected chi connectivity index (χ3v) is 5.56. The number of quaternary nitrogens is 1. The van der Waals surface area contributed by atoms with Crippen molar-refractivity contribution in [3.8, 4) is 0 Å². The lowest BCUT2D eigenvalue weighted by Gasteiger charge is -2.28. The molecule has 0 saturated heterocycles. The lowest BCUT2D eigenvalue weighted by atomic mass is 10.0. The van der Waals surface area contributed by atoms with E-state index in [2.05, 4.69) is 51.4 Å². The van der Waals surface area contributed by atoms with Gasteiger partial charge in [-0.05, 0) is 19.8 Å². The molecule has 2 rings (SSSR count). The van der Waals surface area contributed by atoms with E-state index in [0.29, 0.717) is 12.8 Å². The molecule has 1 fully saturated rings. The van der Waals surface area contributed by atoms with Crippen molar-refractivity contribution < 1.29 is 17.5 Å². The van der Waals surface area contributed by atoms with Crippen LogP contribution in [-0.2, 0) is 16.7 Å². The van der Waals surface area contributed by atoms with Gasteiger partial charge in [0.25, 0.3) is 0 Å². The molecule has 0 radical (unpaired) electrons. The van der Waals surface area contributed by atoms with E-state index in [0.717, 1.165) is 30.3 Å². The third kappa shape index (κ3) is 7.38. The van der Waals surface area contributed by atoms with Gasteiger partial charge in [-0.1, -0.05) is 49.6 Å². The molecule has 0 N–H and O–H groups in total. The Morgan fingerprint density at radius 1 is 1.09 bits per heavy atom. The first kappa shape index (κ1) is 19.1. The zero-order chi connectivity index (χ0) is 16.6. The molecule has 0 unspecified atom stereocenters. The molecule has 4 nitrogen and oxygen atoms in total. The van der Waals surface area contributed by atoms with E-state index in [1.165, 1.54) is 12.1 Å². The van der Waals surface area contributed by atoms with Gasteiger partial charge in [0, 0.05) is 10.8 Å². The van der Waals surface area contributed by atoms with Crippen LogP contribution in [0, 0.1) is 0 Å². The standard InChI is InChI=1S/C11H18N.C6H12O3S/c1-4-12(2,3)10-11-8-6-5-7-9-11;7-10(8,9)6-4-2-1-3-5-6/h5-9H,4,10H2,1-3H3;6H,1-5H2,(H,7,8,9)/q+1;/p-1. The van der Waals surface area contributed by atoms with Crippen LogP contribution in [0.25, 0.3) is 0 Å². The Kier molecular flexibility index (Phi) is 7.53. The second-order valence-corrected chi connectivity index (χ2v) is 8.30. The molecule has 5 heteroatoms. The van der Waals surface area contributed by atoms with E-state index in [4.69, 9.17) is 0 Å². The molecule has 0 amide bonds. The zero-order valence-corrected chi connectivity index (χ0v) is 14.8. The first-order valence-electron chi connectivity index (χ1n) is 8.05. The molecular weight excluding hydrogens is 298 g/mol. The van der Waals surface area contributed by atoms with Crippen LogP contribution < -0.4 is 0 Å². The Bertz CT molecular complexity index is 520. The van der Waals surface area contributed by atoms with E-state index in [-0.39, 0.29) is 0 Å². The van der Waals surface area contributed by atoms with Crippen molar-refractivity contribution in [1.82, 2.24) is 0 Å². The number of rotatable bonds is 4. The Morgan fingerprint density at radius 3 is 2.05 bits per heavy atom. The maximum absolute atomic E-state index is 10.4. The molecule has 0 aromatic heterocycles. The highest BCUT2D eigenvalue weighted by atomic mass is 32.2. The molecule has 0 bridgehead atoms. The molecule has 0 heterocycles. The SMILES string of the molecule is CC[N+](C)(C)Cc1ccccc1.O=S(=O)([O-])C1CCCCC1. The Balaban J connectivity index is 0.000000224. The number of nitrogens with zero attached hydrogens (tertiary/aromatic N) is 1. The van der Waals surface area contributed by atoms with Gasteiger partial charge in [-0.2, -0.15) is 0 Å². The zero-order valence-electron chi connectivity index (χ0n) is 14.0. The van der Waals surface area contributed by atoms with E-state index in [9.17, 15) is 13.0 Å². The van der Waals surface area contributed by atoms with Gasteiger partial charge in [-0.25, -0.2) is 8.42 Å². The quantitative estimate of drug-likeness (QED) is 0.630. The summed E-state index contributed by atoms with van der Waals surface area (Å²) in [7, 11) is 0.538. The second kappa shape index (κ2) is 8.65. The summed E-state index contributed by atoms with van der Waals surface area (Å²) in [6.45, 7) is 4.52. The minimum atomic E-state index is -3.98. The monoisotopic (exact) mass is 327 g/mol. The molecule has 1 aromatic carbocycles. The Labute approximate surface area is 135 Å². The molecule has 0 spiro atoms. The minimum absolute atomic E-state index is 0.575. The largest absolute Gasteiger partial charge is 0.748 e. The van der Waals surface area contributed by atoms with Crippen LogP contribution in [0.1, 0.15) is 44.6 Å². The predicted molar refractivity (Wildman–Crippen MR) is 89.4 cm³/mol. The summed E-state index contributed by atoms with van der Waals surface area (Å²) >= 11 is 0. The lowest BCUT2D eigenvalue weighted by Crippen LogP contribution is -2.38. The molecule has 1 aliphatic carbocycles. The summed E-state index contributed by atoms with van der Waals surface area (Å²) in [6.07, 6.45) is 4.02. The molecule has 22 heavy (non-hydrogen) atoms. The summed E-state index contributed by atoms with van der Waals surface area (Å²) in [5.74, 6) is 0. The van der Waals surface area contributed by atoms with Crippen LogP contribution in [0.5, 0.6) is 0 Å². The molecule has 1 saturated carbocycles. The van der Waals surface area contributed by atoms with Crippen molar-refractivity contribution in [1.29, 1.82) is 0 Å². The summed E-state index contributed by atoms with van der Waals surface area (Å²) in [4.78, 5) is 0. The van der Waals surface area contributed by atoms with Crippen molar-refractivity contribution in [3.63, 3.8) is 0 Å². The highest BCUT2D eigenvalue weighted by molar-refractivity contribution is 7.86. The van der Waals surface area contributed by atoms with Crippen molar-refractivity contribution in [3.05, 3.63) is 35.9 Å². The minimum Gasteiger partial charge on any atom is -0.748 e. The Hall–Kier alpha value is -0.910. The topological polar surface area (TPSA) is 57.2 Å². The third-order valence-electron chi connectivity index (χ3n) is 4.27.